The summed E-state index contributed by atoms with van der Waals surface area (Å²) in [7, 11) is 2.09. The molecule has 0 unspecified atom stereocenters. The summed E-state index contributed by atoms with van der Waals surface area (Å²) >= 11 is 0. The Morgan fingerprint density at radius 1 is 1.05 bits per heavy atom. The van der Waals surface area contributed by atoms with E-state index in [1.165, 1.54) is 34.5 Å². The van der Waals surface area contributed by atoms with Crippen molar-refractivity contribution >= 4 is 13.4 Å². The summed E-state index contributed by atoms with van der Waals surface area (Å²) in [6.45, 7) is 0. The van der Waals surface area contributed by atoms with Crippen LogP contribution in [0.1, 0.15) is 10.4 Å². The Hall–Kier alpha value is -1.36. The van der Waals surface area contributed by atoms with Gasteiger partial charge in [0.05, 0.1) is 14.2 Å². The van der Waals surface area contributed by atoms with Gasteiger partial charge in [0.25, 0.3) is 0 Å². The highest BCUT2D eigenvalue weighted by Crippen LogP contribution is 2.46. The Bertz CT molecular complexity index is 491. The standard InChI is InChI=1S/C12H17O6P/c1-15-11-6-5-9(7-12(11)16-2)10(13)8-19(14,17-3)18-4/h5-7H,8H2,1-4H3. The Balaban J connectivity index is 2.98. The lowest BCUT2D eigenvalue weighted by atomic mass is 10.1. The molecule has 1 aromatic rings. The van der Waals surface area contributed by atoms with Crippen LogP contribution in [0, 0.1) is 0 Å². The Morgan fingerprint density at radius 3 is 2.11 bits per heavy atom. The molecule has 0 saturated carbocycles. The molecule has 0 heterocycles. The number of ether oxygens (including phenoxy) is 2. The number of hydrogen-bond acceptors (Lipinski definition) is 6. The number of methoxy groups -OCH3 is 2. The van der Waals surface area contributed by atoms with Crippen molar-refractivity contribution < 1.29 is 27.9 Å². The molecule has 0 aliphatic rings. The van der Waals surface area contributed by atoms with Gasteiger partial charge >= 0.3 is 7.60 Å². The number of Topliss-reactive ketones (excluding diaryl/α,β-unsaturated/α-hetero) is 1. The van der Waals surface area contributed by atoms with Crippen LogP contribution >= 0.6 is 7.60 Å². The molecule has 0 aromatic heterocycles. The van der Waals surface area contributed by atoms with E-state index >= 15 is 0 Å². The van der Waals surface area contributed by atoms with Crippen molar-refractivity contribution in [3.8, 4) is 11.5 Å². The van der Waals surface area contributed by atoms with Gasteiger partial charge in [-0.25, -0.2) is 0 Å². The van der Waals surface area contributed by atoms with Crippen LogP contribution < -0.4 is 9.47 Å². The molecule has 0 radical (unpaired) electrons. The van der Waals surface area contributed by atoms with Gasteiger partial charge in [-0.05, 0) is 18.2 Å². The van der Waals surface area contributed by atoms with E-state index in [0.29, 0.717) is 17.1 Å². The summed E-state index contributed by atoms with van der Waals surface area (Å²) in [5, 5.41) is 0. The zero-order valence-electron chi connectivity index (χ0n) is 11.3. The summed E-state index contributed by atoms with van der Waals surface area (Å²) in [4.78, 5) is 12.0. The number of rotatable bonds is 7. The van der Waals surface area contributed by atoms with Gasteiger partial charge in [-0.3, -0.25) is 9.36 Å². The van der Waals surface area contributed by atoms with Gasteiger partial charge in [0.1, 0.15) is 6.16 Å². The van der Waals surface area contributed by atoms with E-state index in [1.54, 1.807) is 12.1 Å². The zero-order chi connectivity index (χ0) is 14.5. The lowest BCUT2D eigenvalue weighted by Crippen LogP contribution is -2.08. The van der Waals surface area contributed by atoms with Gasteiger partial charge in [-0.15, -0.1) is 0 Å². The monoisotopic (exact) mass is 288 g/mol. The molecule has 0 fully saturated rings. The highest BCUT2D eigenvalue weighted by molar-refractivity contribution is 7.54. The highest BCUT2D eigenvalue weighted by Gasteiger charge is 2.26. The van der Waals surface area contributed by atoms with Gasteiger partial charge in [0.15, 0.2) is 17.3 Å². The largest absolute Gasteiger partial charge is 0.493 e. The van der Waals surface area contributed by atoms with Gasteiger partial charge in [0.2, 0.25) is 0 Å². The quantitative estimate of drug-likeness (QED) is 0.566. The van der Waals surface area contributed by atoms with Crippen molar-refractivity contribution in [2.75, 3.05) is 34.6 Å². The number of benzene rings is 1. The molecule has 1 aromatic carbocycles. The molecule has 0 spiro atoms. The molecule has 1 rings (SSSR count). The van der Waals surface area contributed by atoms with Gasteiger partial charge in [-0.1, -0.05) is 0 Å². The molecule has 0 N–H and O–H groups in total. The fraction of sp³-hybridized carbons (Fsp3) is 0.417. The number of ketones is 1. The van der Waals surface area contributed by atoms with E-state index in [0.717, 1.165) is 0 Å². The maximum Gasteiger partial charge on any atom is 0.337 e. The fourth-order valence-corrected chi connectivity index (χ4v) is 2.42. The van der Waals surface area contributed by atoms with Crippen LogP contribution in [0.4, 0.5) is 0 Å². The summed E-state index contributed by atoms with van der Waals surface area (Å²) < 4.78 is 31.5. The topological polar surface area (TPSA) is 71.1 Å². The second kappa shape index (κ2) is 6.70. The SMILES string of the molecule is COc1ccc(C(=O)CP(=O)(OC)OC)cc1OC. The maximum atomic E-state index is 12.0. The van der Waals surface area contributed by atoms with E-state index in [4.69, 9.17) is 18.5 Å². The Morgan fingerprint density at radius 2 is 1.63 bits per heavy atom. The molecule has 106 valence electrons. The van der Waals surface area contributed by atoms with Crippen LogP contribution in [0.15, 0.2) is 18.2 Å². The average molecular weight is 288 g/mol. The first-order valence-electron chi connectivity index (χ1n) is 5.45. The first kappa shape index (κ1) is 15.7. The minimum atomic E-state index is -3.37. The van der Waals surface area contributed by atoms with E-state index in [9.17, 15) is 9.36 Å². The van der Waals surface area contributed by atoms with Crippen molar-refractivity contribution in [3.63, 3.8) is 0 Å². The second-order valence-electron chi connectivity index (χ2n) is 3.63. The minimum absolute atomic E-state index is 0.324. The third kappa shape index (κ3) is 3.80. The Labute approximate surface area is 112 Å². The van der Waals surface area contributed by atoms with E-state index < -0.39 is 7.60 Å². The van der Waals surface area contributed by atoms with Gasteiger partial charge in [-0.2, -0.15) is 0 Å². The fourth-order valence-electron chi connectivity index (χ4n) is 1.48. The second-order valence-corrected chi connectivity index (χ2v) is 5.90. The molecule has 0 amide bonds. The molecule has 0 atom stereocenters. The number of carbonyl (C=O) groups is 1. The maximum absolute atomic E-state index is 12.0. The molecule has 0 aliphatic heterocycles. The van der Waals surface area contributed by atoms with Crippen molar-refractivity contribution in [2.24, 2.45) is 0 Å². The molecular weight excluding hydrogens is 271 g/mol. The molecular formula is C12H17O6P. The van der Waals surface area contributed by atoms with E-state index in [1.807, 2.05) is 0 Å². The minimum Gasteiger partial charge on any atom is -0.493 e. The first-order valence-corrected chi connectivity index (χ1v) is 7.18. The van der Waals surface area contributed by atoms with Crippen LogP contribution in [0.25, 0.3) is 0 Å². The molecule has 7 heteroatoms. The lowest BCUT2D eigenvalue weighted by Gasteiger charge is -2.13. The normalized spacial score (nSPS) is 11.2. The average Bonchev–Trinajstić information content (AvgIpc) is 2.46. The number of carbonyl (C=O) groups excluding carboxylic acids is 1. The molecule has 0 aliphatic carbocycles. The van der Waals surface area contributed by atoms with Crippen molar-refractivity contribution in [1.82, 2.24) is 0 Å². The van der Waals surface area contributed by atoms with Crippen molar-refractivity contribution in [2.45, 2.75) is 0 Å². The highest BCUT2D eigenvalue weighted by atomic mass is 31.2. The molecule has 19 heavy (non-hydrogen) atoms. The molecule has 6 nitrogen and oxygen atoms in total. The van der Waals surface area contributed by atoms with E-state index in [2.05, 4.69) is 0 Å². The van der Waals surface area contributed by atoms with Gasteiger partial charge < -0.3 is 18.5 Å². The van der Waals surface area contributed by atoms with Crippen molar-refractivity contribution in [3.05, 3.63) is 23.8 Å². The van der Waals surface area contributed by atoms with Crippen LogP contribution in [0.5, 0.6) is 11.5 Å². The molecule has 0 saturated heterocycles. The summed E-state index contributed by atoms with van der Waals surface area (Å²) in [5.74, 6) is 0.590. The smallest absolute Gasteiger partial charge is 0.337 e. The number of hydrogen-bond donors (Lipinski definition) is 0. The van der Waals surface area contributed by atoms with Crippen LogP contribution in [-0.2, 0) is 13.6 Å². The Kier molecular flexibility index (Phi) is 5.54. The summed E-state index contributed by atoms with van der Waals surface area (Å²) in [6, 6.07) is 4.70. The van der Waals surface area contributed by atoms with Gasteiger partial charge in [0, 0.05) is 19.8 Å². The lowest BCUT2D eigenvalue weighted by molar-refractivity contribution is 0.101. The van der Waals surface area contributed by atoms with Crippen LogP contribution in [0.3, 0.4) is 0 Å². The van der Waals surface area contributed by atoms with E-state index in [-0.39, 0.29) is 11.9 Å². The summed E-state index contributed by atoms with van der Waals surface area (Å²) in [5.41, 5.74) is 0.354. The first-order chi connectivity index (χ1) is 8.99. The van der Waals surface area contributed by atoms with Crippen LogP contribution in [-0.4, -0.2) is 40.4 Å². The predicted octanol–water partition coefficient (Wildman–Crippen LogP) is 2.37. The van der Waals surface area contributed by atoms with Crippen molar-refractivity contribution in [1.29, 1.82) is 0 Å². The third-order valence-corrected chi connectivity index (χ3v) is 4.39. The summed E-state index contributed by atoms with van der Waals surface area (Å²) in [6.07, 6.45) is -0.324. The third-order valence-electron chi connectivity index (χ3n) is 2.60. The van der Waals surface area contributed by atoms with Crippen LogP contribution in [0.2, 0.25) is 0 Å². The predicted molar refractivity (Wildman–Crippen MR) is 70.4 cm³/mol. The zero-order valence-corrected chi connectivity index (χ0v) is 12.2. The molecule has 0 bridgehead atoms.